The number of benzene rings is 1. The molecule has 0 saturated carbocycles. The Morgan fingerprint density at radius 3 is 2.62 bits per heavy atom. The highest BCUT2D eigenvalue weighted by Gasteiger charge is 2.21. The standard InChI is InChI=1S/C18H17N5S/c1-12-14-16(23-10-8-20-9-11-23)21-15(13-6-4-3-5-7-13)22-18(14)24-17(12)19-2/h3-7,20H,8-11H2,1H3. The van der Waals surface area contributed by atoms with Crippen LogP contribution in [0, 0.1) is 13.5 Å². The van der Waals surface area contributed by atoms with Gasteiger partial charge in [0.2, 0.25) is 5.00 Å². The van der Waals surface area contributed by atoms with Gasteiger partial charge in [-0.25, -0.2) is 14.8 Å². The van der Waals surface area contributed by atoms with Crippen molar-refractivity contribution in [2.45, 2.75) is 6.92 Å². The smallest absolute Gasteiger partial charge is 0.246 e. The quantitative estimate of drug-likeness (QED) is 0.727. The minimum absolute atomic E-state index is 0.709. The first-order valence-corrected chi connectivity index (χ1v) is 8.79. The number of rotatable bonds is 2. The summed E-state index contributed by atoms with van der Waals surface area (Å²) in [7, 11) is 0. The zero-order chi connectivity index (χ0) is 16.5. The molecule has 1 aliphatic rings. The van der Waals surface area contributed by atoms with Gasteiger partial charge in [0.15, 0.2) is 5.82 Å². The Bertz CT molecular complexity index is 920. The van der Waals surface area contributed by atoms with Crippen LogP contribution < -0.4 is 10.2 Å². The van der Waals surface area contributed by atoms with Crippen molar-refractivity contribution in [1.29, 1.82) is 0 Å². The Morgan fingerprint density at radius 1 is 1.17 bits per heavy atom. The van der Waals surface area contributed by atoms with Gasteiger partial charge < -0.3 is 10.2 Å². The Balaban J connectivity index is 1.96. The SMILES string of the molecule is [C-]#[N+]c1sc2nc(-c3ccccc3)nc(N3CCNCC3)c2c1C. The van der Waals surface area contributed by atoms with Crippen molar-refractivity contribution in [3.63, 3.8) is 0 Å². The van der Waals surface area contributed by atoms with Crippen molar-refractivity contribution < 1.29 is 0 Å². The van der Waals surface area contributed by atoms with Crippen LogP contribution in [-0.4, -0.2) is 36.1 Å². The molecule has 0 unspecified atom stereocenters. The first-order chi connectivity index (χ1) is 11.8. The third-order valence-electron chi connectivity index (χ3n) is 4.30. The number of aromatic nitrogens is 2. The Morgan fingerprint density at radius 2 is 1.92 bits per heavy atom. The fourth-order valence-corrected chi connectivity index (χ4v) is 4.00. The van der Waals surface area contributed by atoms with Crippen LogP contribution in [0.15, 0.2) is 30.3 Å². The molecule has 6 heteroatoms. The van der Waals surface area contributed by atoms with Gasteiger partial charge in [-0.05, 0) is 12.5 Å². The summed E-state index contributed by atoms with van der Waals surface area (Å²) in [5, 5.41) is 5.12. The normalized spacial score (nSPS) is 14.8. The molecule has 1 saturated heterocycles. The van der Waals surface area contributed by atoms with Gasteiger partial charge in [0.05, 0.1) is 6.57 Å². The second-order valence-electron chi connectivity index (χ2n) is 5.80. The van der Waals surface area contributed by atoms with Crippen molar-refractivity contribution in [2.24, 2.45) is 0 Å². The largest absolute Gasteiger partial charge is 0.353 e. The molecule has 0 aliphatic carbocycles. The van der Waals surface area contributed by atoms with Crippen molar-refractivity contribution in [3.8, 4) is 11.4 Å². The predicted molar refractivity (Wildman–Crippen MR) is 98.9 cm³/mol. The van der Waals surface area contributed by atoms with E-state index in [1.165, 1.54) is 11.3 Å². The van der Waals surface area contributed by atoms with E-state index in [0.29, 0.717) is 5.00 Å². The third kappa shape index (κ3) is 2.52. The number of nitrogens with one attached hydrogen (secondary N) is 1. The number of anilines is 1. The van der Waals surface area contributed by atoms with Crippen molar-refractivity contribution in [2.75, 3.05) is 31.1 Å². The molecule has 120 valence electrons. The van der Waals surface area contributed by atoms with E-state index in [1.807, 2.05) is 37.3 Å². The Labute approximate surface area is 144 Å². The number of fused-ring (bicyclic) bond motifs is 1. The molecule has 3 aromatic rings. The second-order valence-corrected chi connectivity index (χ2v) is 6.78. The van der Waals surface area contributed by atoms with Crippen LogP contribution in [0.5, 0.6) is 0 Å². The summed E-state index contributed by atoms with van der Waals surface area (Å²) in [6, 6.07) is 10.0. The molecule has 1 fully saturated rings. The predicted octanol–water partition coefficient (Wildman–Crippen LogP) is 3.63. The lowest BCUT2D eigenvalue weighted by molar-refractivity contribution is 0.586. The molecule has 24 heavy (non-hydrogen) atoms. The van der Waals surface area contributed by atoms with Gasteiger partial charge in [-0.2, -0.15) is 0 Å². The monoisotopic (exact) mass is 335 g/mol. The fourth-order valence-electron chi connectivity index (χ4n) is 3.03. The van der Waals surface area contributed by atoms with E-state index in [4.69, 9.17) is 16.5 Å². The molecule has 1 N–H and O–H groups in total. The molecule has 0 radical (unpaired) electrons. The highest BCUT2D eigenvalue weighted by Crippen LogP contribution is 2.41. The summed E-state index contributed by atoms with van der Waals surface area (Å²) in [4.78, 5) is 16.5. The van der Waals surface area contributed by atoms with Gasteiger partial charge >= 0.3 is 0 Å². The maximum atomic E-state index is 7.41. The number of hydrogen-bond donors (Lipinski definition) is 1. The molecule has 4 rings (SSSR count). The van der Waals surface area contributed by atoms with E-state index < -0.39 is 0 Å². The fraction of sp³-hybridized carbons (Fsp3) is 0.278. The molecule has 0 spiro atoms. The van der Waals surface area contributed by atoms with E-state index in [9.17, 15) is 0 Å². The lowest BCUT2D eigenvalue weighted by Crippen LogP contribution is -2.44. The summed E-state index contributed by atoms with van der Waals surface area (Å²) < 4.78 is 0. The average Bonchev–Trinajstić information content (AvgIpc) is 2.98. The highest BCUT2D eigenvalue weighted by molar-refractivity contribution is 7.22. The van der Waals surface area contributed by atoms with Crippen LogP contribution in [0.4, 0.5) is 10.8 Å². The zero-order valence-electron chi connectivity index (χ0n) is 13.4. The van der Waals surface area contributed by atoms with Crippen LogP contribution in [0.1, 0.15) is 5.56 Å². The van der Waals surface area contributed by atoms with Crippen molar-refractivity contribution in [1.82, 2.24) is 15.3 Å². The summed E-state index contributed by atoms with van der Waals surface area (Å²) in [5.74, 6) is 1.69. The van der Waals surface area contributed by atoms with Gasteiger partial charge in [0.25, 0.3) is 0 Å². The number of nitrogens with zero attached hydrogens (tertiary/aromatic N) is 4. The summed E-state index contributed by atoms with van der Waals surface area (Å²) in [5.41, 5.74) is 2.00. The van der Waals surface area contributed by atoms with Crippen LogP contribution in [0.2, 0.25) is 0 Å². The second kappa shape index (κ2) is 6.19. The van der Waals surface area contributed by atoms with Gasteiger partial charge in [-0.1, -0.05) is 30.3 Å². The Hall–Kier alpha value is -2.49. The Kier molecular flexibility index (Phi) is 3.89. The van der Waals surface area contributed by atoms with Gasteiger partial charge in [0.1, 0.15) is 10.6 Å². The molecule has 0 atom stereocenters. The van der Waals surface area contributed by atoms with Crippen LogP contribution in [0.25, 0.3) is 26.4 Å². The molecule has 2 aromatic heterocycles. The lowest BCUT2D eigenvalue weighted by atomic mass is 10.2. The first-order valence-electron chi connectivity index (χ1n) is 7.97. The molecular weight excluding hydrogens is 318 g/mol. The first kappa shape index (κ1) is 15.1. The number of hydrogen-bond acceptors (Lipinski definition) is 5. The third-order valence-corrected chi connectivity index (χ3v) is 5.38. The van der Waals surface area contributed by atoms with E-state index >= 15 is 0 Å². The van der Waals surface area contributed by atoms with Crippen LogP contribution in [-0.2, 0) is 0 Å². The molecule has 1 aromatic carbocycles. The van der Waals surface area contributed by atoms with E-state index in [1.54, 1.807) is 0 Å². The average molecular weight is 335 g/mol. The molecule has 1 aliphatic heterocycles. The minimum atomic E-state index is 0.709. The maximum absolute atomic E-state index is 7.41. The highest BCUT2D eigenvalue weighted by atomic mass is 32.1. The summed E-state index contributed by atoms with van der Waals surface area (Å²) in [6.07, 6.45) is 0. The number of piperazine rings is 1. The zero-order valence-corrected chi connectivity index (χ0v) is 14.2. The molecule has 3 heterocycles. The minimum Gasteiger partial charge on any atom is -0.353 e. The summed E-state index contributed by atoms with van der Waals surface area (Å²) >= 11 is 1.46. The topological polar surface area (TPSA) is 45.4 Å². The number of aryl methyl sites for hydroxylation is 1. The molecular formula is C18H17N5S. The maximum Gasteiger partial charge on any atom is 0.246 e. The van der Waals surface area contributed by atoms with Gasteiger partial charge in [-0.3, -0.25) is 0 Å². The van der Waals surface area contributed by atoms with Crippen molar-refractivity contribution in [3.05, 3.63) is 47.3 Å². The van der Waals surface area contributed by atoms with Gasteiger partial charge in [-0.15, -0.1) is 11.3 Å². The van der Waals surface area contributed by atoms with Gasteiger partial charge in [0, 0.05) is 37.1 Å². The van der Waals surface area contributed by atoms with Crippen LogP contribution >= 0.6 is 11.3 Å². The number of thiophene rings is 1. The van der Waals surface area contributed by atoms with E-state index in [0.717, 1.165) is 59.2 Å². The van der Waals surface area contributed by atoms with Crippen LogP contribution in [0.3, 0.4) is 0 Å². The van der Waals surface area contributed by atoms with E-state index in [-0.39, 0.29) is 0 Å². The molecule has 0 amide bonds. The summed E-state index contributed by atoms with van der Waals surface area (Å²) in [6.45, 7) is 13.2. The lowest BCUT2D eigenvalue weighted by Gasteiger charge is -2.29. The molecule has 0 bridgehead atoms. The molecule has 5 nitrogen and oxygen atoms in total. The van der Waals surface area contributed by atoms with E-state index in [2.05, 4.69) is 15.1 Å². The van der Waals surface area contributed by atoms with Crippen molar-refractivity contribution >= 4 is 32.4 Å².